The van der Waals surface area contributed by atoms with Gasteiger partial charge in [-0.2, -0.15) is 4.98 Å². The van der Waals surface area contributed by atoms with Gasteiger partial charge in [0, 0.05) is 11.1 Å². The topological polar surface area (TPSA) is 43.1 Å². The van der Waals surface area contributed by atoms with Gasteiger partial charge in [-0.15, -0.1) is 0 Å². The fourth-order valence-corrected chi connectivity index (χ4v) is 3.06. The Morgan fingerprint density at radius 2 is 1.20 bits per heavy atom. The minimum atomic E-state index is 0.661. The molecule has 0 fully saturated rings. The lowest BCUT2D eigenvalue weighted by Gasteiger charge is -2.08. The second-order valence-corrected chi connectivity index (χ2v) is 5.84. The van der Waals surface area contributed by atoms with Crippen LogP contribution in [0.25, 0.3) is 39.6 Å². The SMILES string of the molecule is c1ccc(-c2nc(-c3ccccc3)n3c(n2)nc2ccccc23)cc1. The maximum atomic E-state index is 4.88. The monoisotopic (exact) mass is 322 g/mol. The molecule has 0 bridgehead atoms. The maximum Gasteiger partial charge on any atom is 0.238 e. The quantitative estimate of drug-likeness (QED) is 0.476. The Morgan fingerprint density at radius 3 is 1.96 bits per heavy atom. The average molecular weight is 322 g/mol. The van der Waals surface area contributed by atoms with Gasteiger partial charge in [-0.1, -0.05) is 72.8 Å². The zero-order valence-corrected chi connectivity index (χ0v) is 13.4. The maximum absolute atomic E-state index is 4.88. The molecule has 0 N–H and O–H groups in total. The third kappa shape index (κ3) is 2.27. The lowest BCUT2D eigenvalue weighted by molar-refractivity contribution is 1.05. The van der Waals surface area contributed by atoms with E-state index in [1.807, 2.05) is 77.2 Å². The molecule has 25 heavy (non-hydrogen) atoms. The highest BCUT2D eigenvalue weighted by Crippen LogP contribution is 2.26. The molecule has 4 nitrogen and oxygen atoms in total. The van der Waals surface area contributed by atoms with E-state index in [4.69, 9.17) is 15.0 Å². The predicted molar refractivity (Wildman–Crippen MR) is 99.2 cm³/mol. The third-order valence-corrected chi connectivity index (χ3v) is 4.24. The van der Waals surface area contributed by atoms with Crippen LogP contribution in [0.4, 0.5) is 0 Å². The van der Waals surface area contributed by atoms with Crippen molar-refractivity contribution in [3.63, 3.8) is 0 Å². The number of aromatic nitrogens is 4. The highest BCUT2D eigenvalue weighted by atomic mass is 15.2. The van der Waals surface area contributed by atoms with E-state index in [0.717, 1.165) is 28.0 Å². The van der Waals surface area contributed by atoms with Gasteiger partial charge in [-0.25, -0.2) is 9.97 Å². The van der Waals surface area contributed by atoms with Crippen LogP contribution >= 0.6 is 0 Å². The molecule has 4 heteroatoms. The summed E-state index contributed by atoms with van der Waals surface area (Å²) in [6, 6.07) is 28.2. The summed E-state index contributed by atoms with van der Waals surface area (Å²) in [5, 5.41) is 0. The summed E-state index contributed by atoms with van der Waals surface area (Å²) in [7, 11) is 0. The molecule has 0 aliphatic rings. The Balaban J connectivity index is 1.90. The van der Waals surface area contributed by atoms with E-state index in [9.17, 15) is 0 Å². The molecule has 0 saturated carbocycles. The highest BCUT2D eigenvalue weighted by molar-refractivity contribution is 5.82. The van der Waals surface area contributed by atoms with Crippen LogP contribution in [0.1, 0.15) is 0 Å². The van der Waals surface area contributed by atoms with Crippen molar-refractivity contribution in [1.29, 1.82) is 0 Å². The van der Waals surface area contributed by atoms with Gasteiger partial charge in [0.1, 0.15) is 5.82 Å². The van der Waals surface area contributed by atoms with E-state index in [1.165, 1.54) is 0 Å². The van der Waals surface area contributed by atoms with Gasteiger partial charge < -0.3 is 0 Å². The number of para-hydroxylation sites is 2. The number of benzene rings is 3. The number of hydrogen-bond acceptors (Lipinski definition) is 3. The molecular formula is C21H14N4. The summed E-state index contributed by atoms with van der Waals surface area (Å²) in [5.74, 6) is 2.19. The fraction of sp³-hybridized carbons (Fsp3) is 0. The molecule has 5 rings (SSSR count). The van der Waals surface area contributed by atoms with Crippen LogP contribution in [-0.4, -0.2) is 19.4 Å². The van der Waals surface area contributed by atoms with Crippen molar-refractivity contribution >= 4 is 16.8 Å². The Hall–Kier alpha value is -3.53. The van der Waals surface area contributed by atoms with Gasteiger partial charge in [-0.3, -0.25) is 4.40 Å². The van der Waals surface area contributed by atoms with Crippen LogP contribution in [0.3, 0.4) is 0 Å². The summed E-state index contributed by atoms with van der Waals surface area (Å²) in [4.78, 5) is 14.3. The van der Waals surface area contributed by atoms with Gasteiger partial charge in [0.25, 0.3) is 0 Å². The molecular weight excluding hydrogens is 308 g/mol. The second-order valence-electron chi connectivity index (χ2n) is 5.84. The van der Waals surface area contributed by atoms with Crippen molar-refractivity contribution in [2.24, 2.45) is 0 Å². The minimum Gasteiger partial charge on any atom is -0.260 e. The van der Waals surface area contributed by atoms with E-state index >= 15 is 0 Å². The van der Waals surface area contributed by atoms with Gasteiger partial charge in [0.05, 0.1) is 11.0 Å². The minimum absolute atomic E-state index is 0.661. The first-order chi connectivity index (χ1) is 12.4. The highest BCUT2D eigenvalue weighted by Gasteiger charge is 2.15. The Kier molecular flexibility index (Phi) is 3.07. The zero-order valence-electron chi connectivity index (χ0n) is 13.4. The molecule has 5 aromatic rings. The summed E-state index contributed by atoms with van der Waals surface area (Å²) in [6.07, 6.45) is 0. The Bertz CT molecular complexity index is 1180. The molecule has 0 unspecified atom stereocenters. The summed E-state index contributed by atoms with van der Waals surface area (Å²) in [6.45, 7) is 0. The average Bonchev–Trinajstić information content (AvgIpc) is 3.07. The van der Waals surface area contributed by atoms with Crippen LogP contribution in [0, 0.1) is 0 Å². The normalized spacial score (nSPS) is 11.2. The Morgan fingerprint density at radius 1 is 0.560 bits per heavy atom. The molecule has 0 aliphatic heterocycles. The lowest BCUT2D eigenvalue weighted by atomic mass is 10.2. The van der Waals surface area contributed by atoms with E-state index in [-0.39, 0.29) is 0 Å². The number of hydrogen-bond donors (Lipinski definition) is 0. The summed E-state index contributed by atoms with van der Waals surface area (Å²) < 4.78 is 2.02. The second kappa shape index (κ2) is 5.53. The van der Waals surface area contributed by atoms with Crippen LogP contribution in [-0.2, 0) is 0 Å². The van der Waals surface area contributed by atoms with E-state index < -0.39 is 0 Å². The molecule has 0 radical (unpaired) electrons. The summed E-state index contributed by atoms with van der Waals surface area (Å²) in [5.41, 5.74) is 3.94. The van der Waals surface area contributed by atoms with Crippen LogP contribution in [0.2, 0.25) is 0 Å². The van der Waals surface area contributed by atoms with Gasteiger partial charge >= 0.3 is 0 Å². The molecule has 0 amide bonds. The largest absolute Gasteiger partial charge is 0.260 e. The number of imidazole rings is 1. The van der Waals surface area contributed by atoms with Crippen molar-refractivity contribution in [3.8, 4) is 22.8 Å². The van der Waals surface area contributed by atoms with Crippen LogP contribution in [0.15, 0.2) is 84.9 Å². The van der Waals surface area contributed by atoms with Gasteiger partial charge in [0.2, 0.25) is 5.78 Å². The first kappa shape index (κ1) is 13.9. The van der Waals surface area contributed by atoms with Crippen molar-refractivity contribution in [2.75, 3.05) is 0 Å². The van der Waals surface area contributed by atoms with Crippen molar-refractivity contribution in [3.05, 3.63) is 84.9 Å². The first-order valence-corrected chi connectivity index (χ1v) is 8.16. The molecule has 0 atom stereocenters. The predicted octanol–water partition coefficient (Wildman–Crippen LogP) is 4.61. The zero-order chi connectivity index (χ0) is 16.6. The lowest BCUT2D eigenvalue weighted by Crippen LogP contribution is -2.01. The number of rotatable bonds is 2. The van der Waals surface area contributed by atoms with Crippen LogP contribution < -0.4 is 0 Å². The first-order valence-electron chi connectivity index (χ1n) is 8.16. The van der Waals surface area contributed by atoms with E-state index in [0.29, 0.717) is 11.6 Å². The Labute approximate surface area is 144 Å². The molecule has 2 heterocycles. The summed E-state index contributed by atoms with van der Waals surface area (Å²) >= 11 is 0. The van der Waals surface area contributed by atoms with Gasteiger partial charge in [-0.05, 0) is 12.1 Å². The smallest absolute Gasteiger partial charge is 0.238 e. The molecule has 0 spiro atoms. The molecule has 118 valence electrons. The number of fused-ring (bicyclic) bond motifs is 3. The van der Waals surface area contributed by atoms with E-state index in [1.54, 1.807) is 0 Å². The van der Waals surface area contributed by atoms with Crippen molar-refractivity contribution < 1.29 is 0 Å². The van der Waals surface area contributed by atoms with Crippen molar-refractivity contribution in [1.82, 2.24) is 19.4 Å². The van der Waals surface area contributed by atoms with Crippen molar-refractivity contribution in [2.45, 2.75) is 0 Å². The van der Waals surface area contributed by atoms with Gasteiger partial charge in [0.15, 0.2) is 5.82 Å². The van der Waals surface area contributed by atoms with Crippen LogP contribution in [0.5, 0.6) is 0 Å². The molecule has 2 aromatic heterocycles. The fourth-order valence-electron chi connectivity index (χ4n) is 3.06. The molecule has 0 aliphatic carbocycles. The standard InChI is InChI=1S/C21H14N4/c1-3-9-15(10-4-1)19-23-20(16-11-5-2-6-12-16)25-18-14-8-7-13-17(18)22-21(25)24-19/h1-14H. The third-order valence-electron chi connectivity index (χ3n) is 4.24. The van der Waals surface area contributed by atoms with E-state index in [2.05, 4.69) is 12.1 Å². The molecule has 3 aromatic carbocycles. The number of nitrogens with zero attached hydrogens (tertiary/aromatic N) is 4. The molecule has 0 saturated heterocycles.